The number of hydrogen-bond acceptors (Lipinski definition) is 1. The van der Waals surface area contributed by atoms with Crippen molar-refractivity contribution in [2.24, 2.45) is 0 Å². The van der Waals surface area contributed by atoms with Crippen molar-refractivity contribution >= 4 is 17.2 Å². The summed E-state index contributed by atoms with van der Waals surface area (Å²) < 4.78 is 15.1. The van der Waals surface area contributed by atoms with Crippen LogP contribution in [0, 0.1) is 5.82 Å². The molecule has 0 saturated carbocycles. The molecule has 3 rings (SSSR count). The van der Waals surface area contributed by atoms with E-state index in [1.807, 2.05) is 12.1 Å². The lowest BCUT2D eigenvalue weighted by molar-refractivity contribution is 0.618. The van der Waals surface area contributed by atoms with Gasteiger partial charge in [-0.25, -0.2) is 9.37 Å². The summed E-state index contributed by atoms with van der Waals surface area (Å²) in [6.07, 6.45) is 2.42. The highest BCUT2D eigenvalue weighted by molar-refractivity contribution is 6.17. The Hall–Kier alpha value is -1.87. The third-order valence-electron chi connectivity index (χ3n) is 3.44. The van der Waals surface area contributed by atoms with Gasteiger partial charge in [-0.2, -0.15) is 0 Å². The fraction of sp³-hybridized carbons (Fsp3) is 0.188. The Balaban J connectivity index is 2.19. The van der Waals surface area contributed by atoms with Crippen LogP contribution in [0.4, 0.5) is 4.39 Å². The third-order valence-corrected chi connectivity index (χ3v) is 3.70. The van der Waals surface area contributed by atoms with Gasteiger partial charge in [-0.05, 0) is 24.1 Å². The lowest BCUT2D eigenvalue weighted by Gasteiger charge is -2.03. The van der Waals surface area contributed by atoms with E-state index in [2.05, 4.69) is 24.0 Å². The number of hydrogen-bond donors (Lipinski definition) is 0. The van der Waals surface area contributed by atoms with E-state index in [-0.39, 0.29) is 11.7 Å². The first-order valence-electron chi connectivity index (χ1n) is 6.54. The molecule has 102 valence electrons. The molecule has 0 radical (unpaired) electrons. The van der Waals surface area contributed by atoms with Crippen LogP contribution in [0.5, 0.6) is 0 Å². The van der Waals surface area contributed by atoms with Gasteiger partial charge in [0.2, 0.25) is 0 Å². The maximum Gasteiger partial charge on any atom is 0.139 e. The van der Waals surface area contributed by atoms with Gasteiger partial charge >= 0.3 is 0 Å². The number of nitrogens with zero attached hydrogens (tertiary/aromatic N) is 2. The third kappa shape index (κ3) is 2.18. The Morgan fingerprint density at radius 3 is 2.55 bits per heavy atom. The number of fused-ring (bicyclic) bond motifs is 1. The van der Waals surface area contributed by atoms with Crippen LogP contribution < -0.4 is 0 Å². The monoisotopic (exact) mass is 288 g/mol. The van der Waals surface area contributed by atoms with E-state index < -0.39 is 0 Å². The van der Waals surface area contributed by atoms with Crippen molar-refractivity contribution in [3.8, 4) is 11.3 Å². The van der Waals surface area contributed by atoms with Gasteiger partial charge in [0.25, 0.3) is 0 Å². The summed E-state index contributed by atoms with van der Waals surface area (Å²) in [5, 5.41) is 0. The summed E-state index contributed by atoms with van der Waals surface area (Å²) in [6.45, 7) is 2.12. The van der Waals surface area contributed by atoms with Gasteiger partial charge < -0.3 is 0 Å². The highest BCUT2D eigenvalue weighted by Crippen LogP contribution is 2.26. The predicted molar refractivity (Wildman–Crippen MR) is 79.5 cm³/mol. The fourth-order valence-electron chi connectivity index (χ4n) is 2.32. The number of pyridine rings is 1. The van der Waals surface area contributed by atoms with Crippen LogP contribution in [0.25, 0.3) is 16.9 Å². The van der Waals surface area contributed by atoms with Crippen molar-refractivity contribution < 1.29 is 4.39 Å². The Kier molecular flexibility index (Phi) is 3.45. The average Bonchev–Trinajstić information content (AvgIpc) is 2.85. The first-order valence-corrected chi connectivity index (χ1v) is 7.08. The van der Waals surface area contributed by atoms with Crippen molar-refractivity contribution in [2.75, 3.05) is 0 Å². The van der Waals surface area contributed by atoms with Crippen molar-refractivity contribution in [1.82, 2.24) is 9.38 Å². The van der Waals surface area contributed by atoms with Gasteiger partial charge in [0.15, 0.2) is 0 Å². The summed E-state index contributed by atoms with van der Waals surface area (Å²) >= 11 is 6.03. The molecule has 0 saturated heterocycles. The van der Waals surface area contributed by atoms with Gasteiger partial charge in [0.05, 0.1) is 17.3 Å². The Bertz CT molecular complexity index is 747. The van der Waals surface area contributed by atoms with Gasteiger partial charge in [-0.15, -0.1) is 11.6 Å². The van der Waals surface area contributed by atoms with Crippen LogP contribution in [0.2, 0.25) is 0 Å². The summed E-state index contributed by atoms with van der Waals surface area (Å²) in [7, 11) is 0. The van der Waals surface area contributed by atoms with E-state index in [0.717, 1.165) is 23.4 Å². The molecule has 0 spiro atoms. The summed E-state index contributed by atoms with van der Waals surface area (Å²) in [6, 6.07) is 11.3. The quantitative estimate of drug-likeness (QED) is 0.651. The maximum atomic E-state index is 13.4. The van der Waals surface area contributed by atoms with E-state index in [1.165, 1.54) is 17.8 Å². The number of rotatable bonds is 3. The SMILES string of the molecule is CCc1ccc(-c2nc3ccc(F)cn3c2CCl)cc1. The number of benzene rings is 1. The van der Waals surface area contributed by atoms with E-state index in [4.69, 9.17) is 11.6 Å². The molecule has 0 aliphatic heterocycles. The second kappa shape index (κ2) is 5.25. The number of aryl methyl sites for hydroxylation is 1. The van der Waals surface area contributed by atoms with Crippen molar-refractivity contribution in [1.29, 1.82) is 0 Å². The topological polar surface area (TPSA) is 17.3 Å². The predicted octanol–water partition coefficient (Wildman–Crippen LogP) is 4.44. The molecule has 2 aromatic heterocycles. The molecule has 2 nitrogen and oxygen atoms in total. The molecule has 0 amide bonds. The molecular formula is C16H14ClFN2. The Morgan fingerprint density at radius 2 is 1.90 bits per heavy atom. The molecular weight excluding hydrogens is 275 g/mol. The molecule has 0 atom stereocenters. The minimum absolute atomic E-state index is 0.287. The first-order chi connectivity index (χ1) is 9.72. The summed E-state index contributed by atoms with van der Waals surface area (Å²) in [5.74, 6) is -0.00990. The van der Waals surface area contributed by atoms with E-state index in [0.29, 0.717) is 5.65 Å². The standard InChI is InChI=1S/C16H14ClFN2/c1-2-11-3-5-12(6-4-11)16-14(9-17)20-10-13(18)7-8-15(20)19-16/h3-8,10H,2,9H2,1H3. The number of halogens is 2. The van der Waals surface area contributed by atoms with E-state index in [1.54, 1.807) is 10.5 Å². The minimum atomic E-state index is -0.297. The highest BCUT2D eigenvalue weighted by Gasteiger charge is 2.13. The second-order valence-corrected chi connectivity index (χ2v) is 4.93. The molecule has 0 N–H and O–H groups in total. The molecule has 2 heterocycles. The van der Waals surface area contributed by atoms with Gasteiger partial charge in [0, 0.05) is 11.8 Å². The zero-order chi connectivity index (χ0) is 14.1. The largest absolute Gasteiger partial charge is 0.299 e. The zero-order valence-electron chi connectivity index (χ0n) is 11.1. The highest BCUT2D eigenvalue weighted by atomic mass is 35.5. The van der Waals surface area contributed by atoms with E-state index >= 15 is 0 Å². The van der Waals surface area contributed by atoms with Gasteiger partial charge in [-0.1, -0.05) is 31.2 Å². The first kappa shape index (κ1) is 13.1. The molecule has 0 aliphatic carbocycles. The van der Waals surface area contributed by atoms with Crippen LogP contribution in [0.15, 0.2) is 42.6 Å². The Morgan fingerprint density at radius 1 is 1.15 bits per heavy atom. The number of aromatic nitrogens is 2. The molecule has 1 aromatic carbocycles. The molecule has 3 aromatic rings. The summed E-state index contributed by atoms with van der Waals surface area (Å²) in [5.41, 5.74) is 4.60. The Labute approximate surface area is 121 Å². The average molecular weight is 289 g/mol. The molecule has 20 heavy (non-hydrogen) atoms. The molecule has 4 heteroatoms. The van der Waals surface area contributed by atoms with Gasteiger partial charge in [-0.3, -0.25) is 4.40 Å². The molecule has 0 fully saturated rings. The van der Waals surface area contributed by atoms with E-state index in [9.17, 15) is 4.39 Å². The molecule has 0 aliphatic rings. The van der Waals surface area contributed by atoms with Crippen LogP contribution in [-0.2, 0) is 12.3 Å². The molecule has 0 unspecified atom stereocenters. The van der Waals surface area contributed by atoms with Crippen molar-refractivity contribution in [3.05, 3.63) is 59.7 Å². The maximum absolute atomic E-state index is 13.4. The van der Waals surface area contributed by atoms with Crippen molar-refractivity contribution in [3.63, 3.8) is 0 Å². The normalized spacial score (nSPS) is 11.2. The zero-order valence-corrected chi connectivity index (χ0v) is 11.9. The minimum Gasteiger partial charge on any atom is -0.299 e. The second-order valence-electron chi connectivity index (χ2n) is 4.67. The van der Waals surface area contributed by atoms with Crippen LogP contribution in [0.1, 0.15) is 18.2 Å². The smallest absolute Gasteiger partial charge is 0.139 e. The number of imidazole rings is 1. The summed E-state index contributed by atoms with van der Waals surface area (Å²) in [4.78, 5) is 4.56. The molecule has 0 bridgehead atoms. The fourth-order valence-corrected chi connectivity index (χ4v) is 2.58. The van der Waals surface area contributed by atoms with Crippen LogP contribution in [-0.4, -0.2) is 9.38 Å². The van der Waals surface area contributed by atoms with Crippen LogP contribution in [0.3, 0.4) is 0 Å². The number of alkyl halides is 1. The van der Waals surface area contributed by atoms with Gasteiger partial charge in [0.1, 0.15) is 11.5 Å². The lowest BCUT2D eigenvalue weighted by atomic mass is 10.1. The van der Waals surface area contributed by atoms with Crippen molar-refractivity contribution in [2.45, 2.75) is 19.2 Å². The van der Waals surface area contributed by atoms with Crippen LogP contribution >= 0.6 is 11.6 Å². The lowest BCUT2D eigenvalue weighted by Crippen LogP contribution is -1.92.